The van der Waals surface area contributed by atoms with Gasteiger partial charge in [0.15, 0.2) is 0 Å². The van der Waals surface area contributed by atoms with Crippen molar-refractivity contribution < 1.29 is 22.7 Å². The van der Waals surface area contributed by atoms with E-state index in [0.29, 0.717) is 26.9 Å². The fraction of sp³-hybridized carbons (Fsp3) is 0.100. The van der Waals surface area contributed by atoms with E-state index < -0.39 is 12.1 Å². The lowest BCUT2D eigenvalue weighted by molar-refractivity contribution is -0.189. The van der Waals surface area contributed by atoms with Crippen LogP contribution in [0, 0.1) is 0 Å². The molecule has 0 aliphatic rings. The summed E-state index contributed by atoms with van der Waals surface area (Å²) in [6, 6.07) is 9.06. The first-order valence-corrected chi connectivity index (χ1v) is 9.42. The molecule has 0 N–H and O–H groups in total. The lowest BCUT2D eigenvalue weighted by Gasteiger charge is -2.08. The summed E-state index contributed by atoms with van der Waals surface area (Å²) >= 11 is 1.34. The Morgan fingerprint density at radius 2 is 1.73 bits per heavy atom. The molecule has 0 aliphatic heterocycles. The first-order chi connectivity index (χ1) is 14.3. The predicted molar refractivity (Wildman–Crippen MR) is 105 cm³/mol. The van der Waals surface area contributed by atoms with Crippen LogP contribution >= 0.6 is 11.3 Å². The molecule has 1 aromatic carbocycles. The Morgan fingerprint density at radius 1 is 1.07 bits per heavy atom. The molecule has 0 atom stereocenters. The number of halogens is 3. The van der Waals surface area contributed by atoms with Crippen LogP contribution in [0.2, 0.25) is 0 Å². The summed E-state index contributed by atoms with van der Waals surface area (Å²) in [5, 5.41) is 6.61. The van der Waals surface area contributed by atoms with Gasteiger partial charge in [-0.2, -0.15) is 18.3 Å². The van der Waals surface area contributed by atoms with Crippen molar-refractivity contribution in [3.63, 3.8) is 0 Å². The summed E-state index contributed by atoms with van der Waals surface area (Å²) in [6.45, 7) is 0. The number of benzene rings is 1. The Morgan fingerprint density at radius 3 is 2.37 bits per heavy atom. The van der Waals surface area contributed by atoms with Crippen LogP contribution in [0.5, 0.6) is 5.75 Å². The number of aryl methyl sites for hydroxylation is 1. The van der Waals surface area contributed by atoms with Crippen molar-refractivity contribution in [3.8, 4) is 28.1 Å². The van der Waals surface area contributed by atoms with Crippen molar-refractivity contribution in [1.82, 2.24) is 14.8 Å². The van der Waals surface area contributed by atoms with Crippen LogP contribution < -0.4 is 10.3 Å². The van der Waals surface area contributed by atoms with Crippen molar-refractivity contribution in [1.29, 1.82) is 0 Å². The summed E-state index contributed by atoms with van der Waals surface area (Å²) in [7, 11) is 1.55. The number of rotatable bonds is 3. The number of aromatic nitrogens is 3. The van der Waals surface area contributed by atoms with Gasteiger partial charge in [0.25, 0.3) is 5.56 Å². The number of esters is 1. The average Bonchev–Trinajstić information content (AvgIpc) is 3.16. The number of alkyl halides is 3. The molecule has 152 valence electrons. The normalized spacial score (nSPS) is 11.6. The van der Waals surface area contributed by atoms with Crippen LogP contribution in [0.4, 0.5) is 13.2 Å². The first kappa shape index (κ1) is 19.8. The summed E-state index contributed by atoms with van der Waals surface area (Å²) < 4.78 is 43.3. The van der Waals surface area contributed by atoms with E-state index >= 15 is 0 Å². The SMILES string of the molecule is Cn1nc(-c2ccncc2)c2scc(-c3ccc(OC(=O)C(F)(F)F)cc3)c2c1=O. The Hall–Kier alpha value is -3.53. The summed E-state index contributed by atoms with van der Waals surface area (Å²) in [5.74, 6) is -2.54. The number of carbonyl (C=O) groups is 1. The molecule has 0 fully saturated rings. The lowest BCUT2D eigenvalue weighted by atomic mass is 10.0. The van der Waals surface area contributed by atoms with E-state index in [1.54, 1.807) is 37.0 Å². The van der Waals surface area contributed by atoms with Crippen molar-refractivity contribution in [3.05, 3.63) is 64.5 Å². The highest BCUT2D eigenvalue weighted by molar-refractivity contribution is 7.18. The molecule has 0 aliphatic carbocycles. The van der Waals surface area contributed by atoms with Gasteiger partial charge < -0.3 is 4.74 Å². The van der Waals surface area contributed by atoms with Gasteiger partial charge in [0.05, 0.1) is 10.1 Å². The van der Waals surface area contributed by atoms with E-state index in [1.165, 1.54) is 40.3 Å². The van der Waals surface area contributed by atoms with Crippen molar-refractivity contribution in [2.75, 3.05) is 0 Å². The lowest BCUT2D eigenvalue weighted by Crippen LogP contribution is -2.27. The monoisotopic (exact) mass is 431 g/mol. The minimum Gasteiger partial charge on any atom is -0.420 e. The van der Waals surface area contributed by atoms with Gasteiger partial charge in [-0.3, -0.25) is 9.78 Å². The number of fused-ring (bicyclic) bond motifs is 1. The van der Waals surface area contributed by atoms with Gasteiger partial charge in [-0.05, 0) is 29.8 Å². The standard InChI is InChI=1S/C20H12F3N3O3S/c1-26-18(27)15-14(10-30-17(15)16(25-26)12-6-8-24-9-7-12)11-2-4-13(5-3-11)29-19(28)20(21,22)23/h2-10H,1H3. The fourth-order valence-corrected chi connectivity index (χ4v) is 4.00. The number of hydrogen-bond donors (Lipinski definition) is 0. The van der Waals surface area contributed by atoms with Crippen molar-refractivity contribution >= 4 is 27.4 Å². The highest BCUT2D eigenvalue weighted by Crippen LogP contribution is 2.37. The van der Waals surface area contributed by atoms with Crippen molar-refractivity contribution in [2.45, 2.75) is 6.18 Å². The van der Waals surface area contributed by atoms with Crippen LogP contribution in [-0.4, -0.2) is 26.9 Å². The maximum Gasteiger partial charge on any atom is 0.491 e. The maximum absolute atomic E-state index is 12.8. The van der Waals surface area contributed by atoms with Gasteiger partial charge in [0, 0.05) is 35.9 Å². The molecule has 3 heterocycles. The van der Waals surface area contributed by atoms with Crippen LogP contribution in [0.25, 0.3) is 32.5 Å². The molecule has 0 saturated carbocycles. The largest absolute Gasteiger partial charge is 0.491 e. The highest BCUT2D eigenvalue weighted by Gasteiger charge is 2.41. The van der Waals surface area contributed by atoms with Crippen molar-refractivity contribution in [2.24, 2.45) is 7.05 Å². The molecule has 0 saturated heterocycles. The second kappa shape index (κ2) is 7.38. The quantitative estimate of drug-likeness (QED) is 0.359. The molecular weight excluding hydrogens is 419 g/mol. The van der Waals surface area contributed by atoms with Gasteiger partial charge in [0.2, 0.25) is 0 Å². The van der Waals surface area contributed by atoms with E-state index in [-0.39, 0.29) is 11.3 Å². The Kier molecular flexibility index (Phi) is 4.86. The second-order valence-electron chi connectivity index (χ2n) is 6.28. The van der Waals surface area contributed by atoms with Gasteiger partial charge in [-0.15, -0.1) is 11.3 Å². The topological polar surface area (TPSA) is 74.1 Å². The summed E-state index contributed by atoms with van der Waals surface area (Å²) in [6.07, 6.45) is -1.82. The van der Waals surface area contributed by atoms with E-state index in [2.05, 4.69) is 14.8 Å². The Bertz CT molecular complexity index is 1300. The van der Waals surface area contributed by atoms with Crippen LogP contribution in [-0.2, 0) is 11.8 Å². The molecule has 3 aromatic heterocycles. The van der Waals surface area contributed by atoms with Gasteiger partial charge >= 0.3 is 12.1 Å². The Balaban J connectivity index is 1.78. The van der Waals surface area contributed by atoms with Crippen LogP contribution in [0.3, 0.4) is 0 Å². The molecule has 4 rings (SSSR count). The molecular formula is C20H12F3N3O3S. The average molecular weight is 431 g/mol. The zero-order valence-electron chi connectivity index (χ0n) is 15.3. The fourth-order valence-electron chi connectivity index (χ4n) is 2.93. The minimum atomic E-state index is -5.08. The summed E-state index contributed by atoms with van der Waals surface area (Å²) in [5.41, 5.74) is 2.33. The van der Waals surface area contributed by atoms with E-state index in [4.69, 9.17) is 0 Å². The number of pyridine rings is 1. The molecule has 0 spiro atoms. The molecule has 6 nitrogen and oxygen atoms in total. The van der Waals surface area contributed by atoms with Gasteiger partial charge in [-0.1, -0.05) is 12.1 Å². The van der Waals surface area contributed by atoms with E-state index in [1.807, 2.05) is 0 Å². The summed E-state index contributed by atoms with van der Waals surface area (Å²) in [4.78, 5) is 27.8. The molecule has 30 heavy (non-hydrogen) atoms. The predicted octanol–water partition coefficient (Wildman–Crippen LogP) is 4.19. The third-order valence-electron chi connectivity index (χ3n) is 4.32. The number of thiophene rings is 1. The number of hydrogen-bond acceptors (Lipinski definition) is 6. The van der Waals surface area contributed by atoms with E-state index in [9.17, 15) is 22.8 Å². The molecule has 0 unspecified atom stereocenters. The second-order valence-corrected chi connectivity index (χ2v) is 7.16. The van der Waals surface area contributed by atoms with Gasteiger partial charge in [-0.25, -0.2) is 9.48 Å². The zero-order chi connectivity index (χ0) is 21.5. The smallest absolute Gasteiger partial charge is 0.420 e. The first-order valence-electron chi connectivity index (χ1n) is 8.54. The minimum absolute atomic E-state index is 0.243. The molecule has 0 amide bonds. The zero-order valence-corrected chi connectivity index (χ0v) is 16.1. The molecule has 4 aromatic rings. The Labute approximate surface area is 171 Å². The van der Waals surface area contributed by atoms with Crippen LogP contribution in [0.15, 0.2) is 59.0 Å². The number of ether oxygens (including phenoxy) is 1. The maximum atomic E-state index is 12.8. The third kappa shape index (κ3) is 3.57. The molecule has 0 radical (unpaired) electrons. The molecule has 10 heteroatoms. The third-order valence-corrected chi connectivity index (χ3v) is 5.31. The van der Waals surface area contributed by atoms with Gasteiger partial charge in [0.1, 0.15) is 11.4 Å². The van der Waals surface area contributed by atoms with E-state index in [0.717, 1.165) is 5.56 Å². The number of carbonyl (C=O) groups excluding carboxylic acids is 1. The number of nitrogens with zero attached hydrogens (tertiary/aromatic N) is 3. The molecule has 0 bridgehead atoms. The highest BCUT2D eigenvalue weighted by atomic mass is 32.1. The van der Waals surface area contributed by atoms with Crippen LogP contribution in [0.1, 0.15) is 0 Å².